The first-order valence-electron chi connectivity index (χ1n) is 8.27. The molecule has 0 aliphatic rings. The molecule has 0 saturated heterocycles. The van der Waals surface area contributed by atoms with Gasteiger partial charge in [0.05, 0.1) is 4.90 Å². The van der Waals surface area contributed by atoms with Crippen LogP contribution in [0.3, 0.4) is 0 Å². The maximum atomic E-state index is 12.5. The topological polar surface area (TPSA) is 66.5 Å². The van der Waals surface area contributed by atoms with Gasteiger partial charge < -0.3 is 4.90 Å². The molecular formula is C19H24N2O3S. The summed E-state index contributed by atoms with van der Waals surface area (Å²) >= 11 is 0. The van der Waals surface area contributed by atoms with Crippen LogP contribution in [-0.4, -0.2) is 27.4 Å². The monoisotopic (exact) mass is 360 g/mol. The summed E-state index contributed by atoms with van der Waals surface area (Å²) in [4.78, 5) is 14.4. The van der Waals surface area contributed by atoms with Crippen molar-refractivity contribution in [3.05, 3.63) is 59.7 Å². The maximum absolute atomic E-state index is 12.5. The van der Waals surface area contributed by atoms with Gasteiger partial charge >= 0.3 is 0 Å². The molecule has 134 valence electrons. The van der Waals surface area contributed by atoms with Crippen molar-refractivity contribution in [3.63, 3.8) is 0 Å². The first kappa shape index (κ1) is 19.1. The number of carbonyl (C=O) groups is 1. The highest BCUT2D eigenvalue weighted by atomic mass is 32.2. The lowest BCUT2D eigenvalue weighted by molar-refractivity contribution is -0.118. The molecule has 2 aromatic rings. The lowest BCUT2D eigenvalue weighted by Crippen LogP contribution is -2.34. The second-order valence-electron chi connectivity index (χ2n) is 5.89. The highest BCUT2D eigenvalue weighted by molar-refractivity contribution is 7.89. The van der Waals surface area contributed by atoms with Crippen LogP contribution in [0.25, 0.3) is 0 Å². The van der Waals surface area contributed by atoms with E-state index in [2.05, 4.69) is 4.72 Å². The van der Waals surface area contributed by atoms with Crippen molar-refractivity contribution >= 4 is 21.6 Å². The van der Waals surface area contributed by atoms with Crippen molar-refractivity contribution in [2.45, 2.75) is 32.1 Å². The Bertz CT molecular complexity index is 830. The van der Waals surface area contributed by atoms with E-state index in [1.165, 1.54) is 0 Å². The standard InChI is InChI=1S/C19H24N2O3S/c1-4-21(18-8-6-5-7-16(18)3)19(22)13-14-20-25(23,24)17-11-9-15(2)10-12-17/h5-12,20H,4,13-14H2,1-3H3. The van der Waals surface area contributed by atoms with Crippen molar-refractivity contribution < 1.29 is 13.2 Å². The third-order valence-electron chi connectivity index (χ3n) is 3.99. The van der Waals surface area contributed by atoms with Crippen molar-refractivity contribution in [1.29, 1.82) is 0 Å². The highest BCUT2D eigenvalue weighted by Crippen LogP contribution is 2.20. The van der Waals surface area contributed by atoms with E-state index in [1.54, 1.807) is 29.2 Å². The molecule has 5 nitrogen and oxygen atoms in total. The Morgan fingerprint density at radius 3 is 2.28 bits per heavy atom. The Balaban J connectivity index is 1.99. The molecule has 0 aliphatic heterocycles. The number of nitrogens with one attached hydrogen (secondary N) is 1. The maximum Gasteiger partial charge on any atom is 0.240 e. The quantitative estimate of drug-likeness (QED) is 0.825. The molecule has 0 unspecified atom stereocenters. The summed E-state index contributed by atoms with van der Waals surface area (Å²) in [5.41, 5.74) is 2.86. The first-order valence-corrected chi connectivity index (χ1v) is 9.76. The lowest BCUT2D eigenvalue weighted by atomic mass is 10.1. The largest absolute Gasteiger partial charge is 0.312 e. The number of nitrogens with zero attached hydrogens (tertiary/aromatic N) is 1. The number of hydrogen-bond acceptors (Lipinski definition) is 3. The van der Waals surface area contributed by atoms with E-state index in [9.17, 15) is 13.2 Å². The number of amides is 1. The SMILES string of the molecule is CCN(C(=O)CCNS(=O)(=O)c1ccc(C)cc1)c1ccccc1C. The van der Waals surface area contributed by atoms with Gasteiger partial charge in [-0.3, -0.25) is 4.79 Å². The van der Waals surface area contributed by atoms with Gasteiger partial charge in [-0.2, -0.15) is 0 Å². The normalized spacial score (nSPS) is 11.3. The average Bonchev–Trinajstić information content (AvgIpc) is 2.57. The number of sulfonamides is 1. The molecule has 0 heterocycles. The zero-order valence-electron chi connectivity index (χ0n) is 14.8. The molecule has 0 bridgehead atoms. The van der Waals surface area contributed by atoms with Crippen LogP contribution in [0.4, 0.5) is 5.69 Å². The van der Waals surface area contributed by atoms with Gasteiger partial charge in [0.2, 0.25) is 15.9 Å². The lowest BCUT2D eigenvalue weighted by Gasteiger charge is -2.23. The Labute approximate surface area is 149 Å². The van der Waals surface area contributed by atoms with Crippen LogP contribution in [0.2, 0.25) is 0 Å². The highest BCUT2D eigenvalue weighted by Gasteiger charge is 2.18. The predicted octanol–water partition coefficient (Wildman–Crippen LogP) is 3.02. The molecule has 0 aliphatic carbocycles. The van der Waals surface area contributed by atoms with Gasteiger partial charge in [-0.05, 0) is 44.5 Å². The van der Waals surface area contributed by atoms with Crippen LogP contribution in [0.5, 0.6) is 0 Å². The van der Waals surface area contributed by atoms with E-state index in [-0.39, 0.29) is 23.8 Å². The smallest absolute Gasteiger partial charge is 0.240 e. The molecular weight excluding hydrogens is 336 g/mol. The van der Waals surface area contributed by atoms with E-state index >= 15 is 0 Å². The Morgan fingerprint density at radius 1 is 1.04 bits per heavy atom. The van der Waals surface area contributed by atoms with Gasteiger partial charge in [0, 0.05) is 25.2 Å². The Hall–Kier alpha value is -2.18. The summed E-state index contributed by atoms with van der Waals surface area (Å²) in [5.74, 6) is -0.108. The number of benzene rings is 2. The van der Waals surface area contributed by atoms with Gasteiger partial charge in [-0.15, -0.1) is 0 Å². The fourth-order valence-electron chi connectivity index (χ4n) is 2.58. The van der Waals surface area contributed by atoms with E-state index < -0.39 is 10.0 Å². The van der Waals surface area contributed by atoms with Gasteiger partial charge in [0.25, 0.3) is 0 Å². The molecule has 2 aromatic carbocycles. The second-order valence-corrected chi connectivity index (χ2v) is 7.65. The summed E-state index contributed by atoms with van der Waals surface area (Å²) in [6.07, 6.45) is 0.104. The summed E-state index contributed by atoms with van der Waals surface area (Å²) in [7, 11) is -3.60. The molecule has 0 spiro atoms. The molecule has 0 atom stereocenters. The van der Waals surface area contributed by atoms with Crippen molar-refractivity contribution in [2.24, 2.45) is 0 Å². The van der Waals surface area contributed by atoms with Crippen LogP contribution in [0, 0.1) is 13.8 Å². The van der Waals surface area contributed by atoms with Crippen LogP contribution >= 0.6 is 0 Å². The summed E-state index contributed by atoms with van der Waals surface area (Å²) < 4.78 is 27.0. The molecule has 0 fully saturated rings. The zero-order valence-corrected chi connectivity index (χ0v) is 15.6. The van der Waals surface area contributed by atoms with E-state index in [4.69, 9.17) is 0 Å². The Kier molecular flexibility index (Phi) is 6.33. The minimum atomic E-state index is -3.60. The number of rotatable bonds is 7. The number of para-hydroxylation sites is 1. The molecule has 0 saturated carbocycles. The third-order valence-corrected chi connectivity index (χ3v) is 5.46. The van der Waals surface area contributed by atoms with Crippen molar-refractivity contribution in [1.82, 2.24) is 4.72 Å². The summed E-state index contributed by atoms with van der Waals surface area (Å²) in [5, 5.41) is 0. The number of carbonyl (C=O) groups excluding carboxylic acids is 1. The van der Waals surface area contributed by atoms with Gasteiger partial charge in [0.15, 0.2) is 0 Å². The number of hydrogen-bond donors (Lipinski definition) is 1. The van der Waals surface area contributed by atoms with Crippen molar-refractivity contribution in [2.75, 3.05) is 18.0 Å². The minimum Gasteiger partial charge on any atom is -0.312 e. The first-order chi connectivity index (χ1) is 11.8. The van der Waals surface area contributed by atoms with Gasteiger partial charge in [-0.1, -0.05) is 35.9 Å². The van der Waals surface area contributed by atoms with Crippen LogP contribution in [0.1, 0.15) is 24.5 Å². The molecule has 6 heteroatoms. The molecule has 0 aromatic heterocycles. The molecule has 2 rings (SSSR count). The summed E-state index contributed by atoms with van der Waals surface area (Å²) in [6, 6.07) is 14.3. The summed E-state index contributed by atoms with van der Waals surface area (Å²) in [6.45, 7) is 6.35. The Morgan fingerprint density at radius 2 is 1.68 bits per heavy atom. The van der Waals surface area contributed by atoms with Crippen LogP contribution in [-0.2, 0) is 14.8 Å². The number of aryl methyl sites for hydroxylation is 2. The van der Waals surface area contributed by atoms with Crippen molar-refractivity contribution in [3.8, 4) is 0 Å². The molecule has 0 radical (unpaired) electrons. The second kappa shape index (κ2) is 8.27. The molecule has 25 heavy (non-hydrogen) atoms. The minimum absolute atomic E-state index is 0.0669. The van der Waals surface area contributed by atoms with Crippen LogP contribution in [0.15, 0.2) is 53.4 Å². The fourth-order valence-corrected chi connectivity index (χ4v) is 3.61. The van der Waals surface area contributed by atoms with E-state index in [0.717, 1.165) is 16.8 Å². The fraction of sp³-hybridized carbons (Fsp3) is 0.316. The third kappa shape index (κ3) is 4.90. The molecule has 1 N–H and O–H groups in total. The van der Waals surface area contributed by atoms with E-state index in [1.807, 2.05) is 45.0 Å². The van der Waals surface area contributed by atoms with Crippen LogP contribution < -0.4 is 9.62 Å². The zero-order chi connectivity index (χ0) is 18.4. The van der Waals surface area contributed by atoms with E-state index in [0.29, 0.717) is 6.54 Å². The predicted molar refractivity (Wildman–Crippen MR) is 100 cm³/mol. The van der Waals surface area contributed by atoms with Gasteiger partial charge in [0.1, 0.15) is 0 Å². The van der Waals surface area contributed by atoms with Gasteiger partial charge in [-0.25, -0.2) is 13.1 Å². The molecule has 1 amide bonds. The average molecular weight is 360 g/mol. The number of anilines is 1.